The van der Waals surface area contributed by atoms with Gasteiger partial charge >= 0.3 is 0 Å². The third-order valence-corrected chi connectivity index (χ3v) is 4.11. The van der Waals surface area contributed by atoms with Gasteiger partial charge in [-0.25, -0.2) is 0 Å². The van der Waals surface area contributed by atoms with Gasteiger partial charge in [-0.15, -0.1) is 0 Å². The van der Waals surface area contributed by atoms with Crippen LogP contribution in [0.5, 0.6) is 0 Å². The maximum absolute atomic E-state index is 11.8. The SMILES string of the molecule is CC(O)C1CCC(=O)C1C(C)C1CC1. The van der Waals surface area contributed by atoms with Crippen LogP contribution < -0.4 is 0 Å². The van der Waals surface area contributed by atoms with Crippen LogP contribution in [0.4, 0.5) is 0 Å². The van der Waals surface area contributed by atoms with Crippen molar-refractivity contribution in [2.75, 3.05) is 0 Å². The molecule has 1 N–H and O–H groups in total. The van der Waals surface area contributed by atoms with Gasteiger partial charge in [0.2, 0.25) is 0 Å². The third-order valence-electron chi connectivity index (χ3n) is 4.11. The highest BCUT2D eigenvalue weighted by atomic mass is 16.3. The number of Topliss-reactive ketones (excluding diaryl/α,β-unsaturated/α-hetero) is 1. The van der Waals surface area contributed by atoms with E-state index < -0.39 is 0 Å². The van der Waals surface area contributed by atoms with E-state index in [0.717, 1.165) is 12.3 Å². The van der Waals surface area contributed by atoms with Crippen molar-refractivity contribution in [3.05, 3.63) is 0 Å². The fourth-order valence-electron chi connectivity index (χ4n) is 3.03. The van der Waals surface area contributed by atoms with Gasteiger partial charge in [0, 0.05) is 12.3 Å². The Morgan fingerprint density at radius 2 is 1.93 bits per heavy atom. The minimum absolute atomic E-state index is 0.155. The topological polar surface area (TPSA) is 37.3 Å². The van der Waals surface area contributed by atoms with E-state index in [1.54, 1.807) is 0 Å². The molecule has 2 fully saturated rings. The molecule has 2 saturated carbocycles. The minimum atomic E-state index is -0.312. The molecule has 0 amide bonds. The maximum atomic E-state index is 11.8. The molecule has 2 aliphatic rings. The van der Waals surface area contributed by atoms with Crippen LogP contribution in [-0.4, -0.2) is 17.0 Å². The normalized spacial score (nSPS) is 37.2. The molecule has 2 heteroatoms. The van der Waals surface area contributed by atoms with Crippen molar-refractivity contribution in [2.24, 2.45) is 23.7 Å². The van der Waals surface area contributed by atoms with E-state index in [-0.39, 0.29) is 17.9 Å². The van der Waals surface area contributed by atoms with Crippen LogP contribution in [0.15, 0.2) is 0 Å². The molecule has 0 aliphatic heterocycles. The fraction of sp³-hybridized carbons (Fsp3) is 0.917. The summed E-state index contributed by atoms with van der Waals surface area (Å²) in [6.07, 6.45) is 3.86. The first-order chi connectivity index (χ1) is 6.61. The molecule has 4 atom stereocenters. The van der Waals surface area contributed by atoms with Crippen LogP contribution in [0.3, 0.4) is 0 Å². The zero-order valence-electron chi connectivity index (χ0n) is 9.07. The maximum Gasteiger partial charge on any atom is 0.136 e. The molecule has 14 heavy (non-hydrogen) atoms. The molecule has 80 valence electrons. The van der Waals surface area contributed by atoms with Gasteiger partial charge < -0.3 is 5.11 Å². The zero-order chi connectivity index (χ0) is 10.3. The number of carbonyl (C=O) groups is 1. The third kappa shape index (κ3) is 1.72. The summed E-state index contributed by atoms with van der Waals surface area (Å²) in [6, 6.07) is 0. The molecule has 0 heterocycles. The summed E-state index contributed by atoms with van der Waals surface area (Å²) < 4.78 is 0. The number of aliphatic hydroxyl groups excluding tert-OH is 1. The van der Waals surface area contributed by atoms with Gasteiger partial charge in [-0.05, 0) is 43.9 Å². The highest BCUT2D eigenvalue weighted by molar-refractivity contribution is 5.83. The predicted molar refractivity (Wildman–Crippen MR) is 54.8 cm³/mol. The van der Waals surface area contributed by atoms with Gasteiger partial charge in [0.1, 0.15) is 5.78 Å². The highest BCUT2D eigenvalue weighted by Crippen LogP contribution is 2.46. The number of ketones is 1. The van der Waals surface area contributed by atoms with Crippen molar-refractivity contribution in [3.8, 4) is 0 Å². The second-order valence-corrected chi connectivity index (χ2v) is 5.13. The van der Waals surface area contributed by atoms with Crippen molar-refractivity contribution in [2.45, 2.75) is 45.6 Å². The van der Waals surface area contributed by atoms with Gasteiger partial charge in [0.25, 0.3) is 0 Å². The van der Waals surface area contributed by atoms with Crippen LogP contribution in [-0.2, 0) is 4.79 Å². The first-order valence-electron chi connectivity index (χ1n) is 5.82. The van der Waals surface area contributed by atoms with Gasteiger partial charge in [-0.1, -0.05) is 6.92 Å². The molecule has 0 saturated heterocycles. The highest BCUT2D eigenvalue weighted by Gasteiger charge is 2.45. The van der Waals surface area contributed by atoms with Gasteiger partial charge in [0.15, 0.2) is 0 Å². The Morgan fingerprint density at radius 3 is 2.43 bits per heavy atom. The summed E-state index contributed by atoms with van der Waals surface area (Å²) in [5.41, 5.74) is 0. The Bertz CT molecular complexity index is 230. The van der Waals surface area contributed by atoms with E-state index in [2.05, 4.69) is 6.92 Å². The average Bonchev–Trinajstić information content (AvgIpc) is 2.88. The summed E-state index contributed by atoms with van der Waals surface area (Å²) in [4.78, 5) is 11.8. The number of rotatable bonds is 3. The van der Waals surface area contributed by atoms with Crippen molar-refractivity contribution in [3.63, 3.8) is 0 Å². The Kier molecular flexibility index (Phi) is 2.65. The van der Waals surface area contributed by atoms with Gasteiger partial charge in [-0.2, -0.15) is 0 Å². The van der Waals surface area contributed by atoms with E-state index in [4.69, 9.17) is 0 Å². The second-order valence-electron chi connectivity index (χ2n) is 5.13. The molecule has 2 aliphatic carbocycles. The summed E-state index contributed by atoms with van der Waals surface area (Å²) in [7, 11) is 0. The summed E-state index contributed by atoms with van der Waals surface area (Å²) in [5, 5.41) is 9.64. The fourth-order valence-corrected chi connectivity index (χ4v) is 3.03. The lowest BCUT2D eigenvalue weighted by Crippen LogP contribution is -2.30. The lowest BCUT2D eigenvalue weighted by molar-refractivity contribution is -0.123. The minimum Gasteiger partial charge on any atom is -0.393 e. The van der Waals surface area contributed by atoms with E-state index >= 15 is 0 Å². The van der Waals surface area contributed by atoms with E-state index in [0.29, 0.717) is 18.1 Å². The van der Waals surface area contributed by atoms with Crippen LogP contribution in [0.1, 0.15) is 39.5 Å². The molecular formula is C12H20O2. The van der Waals surface area contributed by atoms with Crippen molar-refractivity contribution in [1.29, 1.82) is 0 Å². The quantitative estimate of drug-likeness (QED) is 0.749. The van der Waals surface area contributed by atoms with Crippen LogP contribution in [0.25, 0.3) is 0 Å². The smallest absolute Gasteiger partial charge is 0.136 e. The number of aliphatic hydroxyl groups is 1. The van der Waals surface area contributed by atoms with Crippen molar-refractivity contribution < 1.29 is 9.90 Å². The molecule has 0 aromatic carbocycles. The van der Waals surface area contributed by atoms with E-state index in [1.165, 1.54) is 12.8 Å². The average molecular weight is 196 g/mol. The number of carbonyl (C=O) groups excluding carboxylic acids is 1. The molecule has 0 bridgehead atoms. The molecule has 0 radical (unpaired) electrons. The van der Waals surface area contributed by atoms with Crippen molar-refractivity contribution in [1.82, 2.24) is 0 Å². The van der Waals surface area contributed by atoms with E-state index in [9.17, 15) is 9.90 Å². The number of hydrogen-bond donors (Lipinski definition) is 1. The van der Waals surface area contributed by atoms with Gasteiger partial charge in [0.05, 0.1) is 6.10 Å². The van der Waals surface area contributed by atoms with Crippen LogP contribution in [0.2, 0.25) is 0 Å². The number of hydrogen-bond acceptors (Lipinski definition) is 2. The lowest BCUT2D eigenvalue weighted by atomic mass is 9.79. The Morgan fingerprint density at radius 1 is 1.29 bits per heavy atom. The summed E-state index contributed by atoms with van der Waals surface area (Å²) in [5.74, 6) is 2.06. The molecule has 0 aromatic heterocycles. The Balaban J connectivity index is 2.07. The molecule has 2 rings (SSSR count). The predicted octanol–water partition coefficient (Wildman–Crippen LogP) is 2.01. The van der Waals surface area contributed by atoms with Gasteiger partial charge in [-0.3, -0.25) is 4.79 Å². The van der Waals surface area contributed by atoms with Crippen LogP contribution >= 0.6 is 0 Å². The van der Waals surface area contributed by atoms with E-state index in [1.807, 2.05) is 6.92 Å². The summed E-state index contributed by atoms with van der Waals surface area (Å²) in [6.45, 7) is 4.02. The summed E-state index contributed by atoms with van der Waals surface area (Å²) >= 11 is 0. The first kappa shape index (κ1) is 10.2. The van der Waals surface area contributed by atoms with Crippen molar-refractivity contribution >= 4 is 5.78 Å². The Hall–Kier alpha value is -0.370. The lowest BCUT2D eigenvalue weighted by Gasteiger charge is -2.26. The molecule has 0 spiro atoms. The molecule has 2 nitrogen and oxygen atoms in total. The molecule has 0 aromatic rings. The zero-order valence-corrected chi connectivity index (χ0v) is 9.07. The largest absolute Gasteiger partial charge is 0.393 e. The second kappa shape index (κ2) is 3.65. The monoisotopic (exact) mass is 196 g/mol. The molecule has 4 unspecified atom stereocenters. The first-order valence-corrected chi connectivity index (χ1v) is 5.82. The molecular weight excluding hydrogens is 176 g/mol. The van der Waals surface area contributed by atoms with Crippen LogP contribution in [0, 0.1) is 23.7 Å². The Labute approximate surface area is 85.7 Å². The standard InChI is InChI=1S/C12H20O2/c1-7(9-3-4-9)12-10(8(2)13)5-6-11(12)14/h7-10,12-13H,3-6H2,1-2H3.